The van der Waals surface area contributed by atoms with Crippen molar-refractivity contribution in [1.29, 1.82) is 0 Å². The van der Waals surface area contributed by atoms with Gasteiger partial charge in [0.15, 0.2) is 6.29 Å². The maximum Gasteiger partial charge on any atom is 0.475 e. The van der Waals surface area contributed by atoms with Crippen LogP contribution in [0.5, 0.6) is 0 Å². The summed E-state index contributed by atoms with van der Waals surface area (Å²) < 4.78 is 60.5. The number of rotatable bonds is 17. The van der Waals surface area contributed by atoms with E-state index >= 15 is 0 Å². The molecule has 0 spiro atoms. The van der Waals surface area contributed by atoms with Gasteiger partial charge in [0.2, 0.25) is 0 Å². The summed E-state index contributed by atoms with van der Waals surface area (Å²) >= 11 is 0. The zero-order chi connectivity index (χ0) is 28.8. The van der Waals surface area contributed by atoms with E-state index in [4.69, 9.17) is 27.8 Å². The molecular formula is C30H35O9PS. The van der Waals surface area contributed by atoms with Crippen molar-refractivity contribution in [1.82, 2.24) is 0 Å². The molecule has 1 aliphatic heterocycles. The van der Waals surface area contributed by atoms with Crippen LogP contribution in [-0.2, 0) is 67.8 Å². The molecule has 1 aliphatic rings. The van der Waals surface area contributed by atoms with E-state index < -0.39 is 37.0 Å². The molecule has 3 atom stereocenters. The number of esters is 1. The molecule has 0 saturated carbocycles. The first-order chi connectivity index (χ1) is 20.0. The highest BCUT2D eigenvalue weighted by atomic mass is 32.2. The van der Waals surface area contributed by atoms with Crippen molar-refractivity contribution in [3.05, 3.63) is 108 Å². The lowest BCUT2D eigenvalue weighted by atomic mass is 10.2. The SMILES string of the molecule is O=C(CS(=O)C[C@@H](COP(=O)(OCc1ccccc1)OCc1ccccc1)OC1CCCO1)OCc1ccccc1. The average Bonchev–Trinajstić information content (AvgIpc) is 3.52. The summed E-state index contributed by atoms with van der Waals surface area (Å²) in [7, 11) is -5.72. The zero-order valence-corrected chi connectivity index (χ0v) is 24.4. The van der Waals surface area contributed by atoms with Gasteiger partial charge in [0, 0.05) is 23.8 Å². The van der Waals surface area contributed by atoms with Gasteiger partial charge in [-0.3, -0.25) is 22.6 Å². The molecule has 1 heterocycles. The first kappa shape index (κ1) is 31.3. The molecule has 4 rings (SSSR count). The maximum atomic E-state index is 13.7. The Kier molecular flexibility index (Phi) is 12.7. The highest BCUT2D eigenvalue weighted by Gasteiger charge is 2.31. The second-order valence-corrected chi connectivity index (χ2v) is 12.5. The molecule has 220 valence electrons. The molecule has 0 radical (unpaired) electrons. The van der Waals surface area contributed by atoms with Gasteiger partial charge >= 0.3 is 13.8 Å². The lowest BCUT2D eigenvalue weighted by Crippen LogP contribution is -2.32. The minimum atomic E-state index is -4.08. The van der Waals surface area contributed by atoms with Gasteiger partial charge in [0.1, 0.15) is 12.4 Å². The minimum absolute atomic E-state index is 0.00333. The fourth-order valence-corrected chi connectivity index (χ4v) is 6.16. The van der Waals surface area contributed by atoms with E-state index in [9.17, 15) is 13.6 Å². The van der Waals surface area contributed by atoms with E-state index in [1.165, 1.54) is 0 Å². The third-order valence-electron chi connectivity index (χ3n) is 6.01. The fraction of sp³-hybridized carbons (Fsp3) is 0.367. The summed E-state index contributed by atoms with van der Waals surface area (Å²) in [6.07, 6.45) is 0.177. The molecule has 0 amide bonds. The van der Waals surface area contributed by atoms with Gasteiger partial charge in [0.05, 0.1) is 31.7 Å². The molecule has 0 aliphatic carbocycles. The number of carbonyl (C=O) groups excluding carboxylic acids is 1. The van der Waals surface area contributed by atoms with Gasteiger partial charge in [-0.2, -0.15) is 0 Å². The normalized spacial score (nSPS) is 16.7. The third kappa shape index (κ3) is 11.6. The Morgan fingerprint density at radius 1 is 0.829 bits per heavy atom. The minimum Gasteiger partial charge on any atom is -0.460 e. The first-order valence-corrected chi connectivity index (χ1v) is 16.4. The summed E-state index contributed by atoms with van der Waals surface area (Å²) in [5.74, 6) is -0.963. The molecule has 0 aromatic heterocycles. The van der Waals surface area contributed by atoms with Crippen LogP contribution in [0.25, 0.3) is 0 Å². The number of phosphoric acid groups is 1. The number of ether oxygens (including phenoxy) is 3. The number of phosphoric ester groups is 1. The van der Waals surface area contributed by atoms with Gasteiger partial charge < -0.3 is 14.2 Å². The van der Waals surface area contributed by atoms with E-state index in [1.807, 2.05) is 91.0 Å². The van der Waals surface area contributed by atoms with E-state index in [-0.39, 0.29) is 37.9 Å². The summed E-state index contributed by atoms with van der Waals surface area (Å²) in [6, 6.07) is 27.7. The standard InChI is InChI=1S/C30H35O9PS/c31-29(35-19-25-11-4-1-5-12-25)24-41(33)23-28(39-30-17-10-18-34-30)22-38-40(32,36-20-26-13-6-2-7-14-26)37-21-27-15-8-3-9-16-27/h1-9,11-16,28,30H,10,17-24H2/t28-,30?,41?/m1/s1. The number of hydrogen-bond donors (Lipinski definition) is 0. The Morgan fingerprint density at radius 3 is 1.88 bits per heavy atom. The maximum absolute atomic E-state index is 13.7. The lowest BCUT2D eigenvalue weighted by molar-refractivity contribution is -0.146. The van der Waals surface area contributed by atoms with E-state index in [1.54, 1.807) is 0 Å². The van der Waals surface area contributed by atoms with Crippen LogP contribution in [0.4, 0.5) is 0 Å². The molecule has 0 bridgehead atoms. The van der Waals surface area contributed by atoms with Crippen LogP contribution in [0.2, 0.25) is 0 Å². The van der Waals surface area contributed by atoms with Crippen LogP contribution in [0, 0.1) is 0 Å². The van der Waals surface area contributed by atoms with Crippen LogP contribution < -0.4 is 0 Å². The van der Waals surface area contributed by atoms with Crippen molar-refractivity contribution in [3.8, 4) is 0 Å². The second kappa shape index (κ2) is 16.7. The molecule has 1 fully saturated rings. The van der Waals surface area contributed by atoms with Crippen LogP contribution in [0.1, 0.15) is 29.5 Å². The van der Waals surface area contributed by atoms with Crippen molar-refractivity contribution < 1.29 is 41.4 Å². The molecule has 11 heteroatoms. The number of benzene rings is 3. The van der Waals surface area contributed by atoms with Gasteiger partial charge in [-0.1, -0.05) is 91.0 Å². The van der Waals surface area contributed by atoms with Gasteiger partial charge in [-0.15, -0.1) is 0 Å². The van der Waals surface area contributed by atoms with Gasteiger partial charge in [-0.25, -0.2) is 4.57 Å². The number of carbonyl (C=O) groups is 1. The van der Waals surface area contributed by atoms with Crippen LogP contribution in [0.3, 0.4) is 0 Å². The molecule has 0 N–H and O–H groups in total. The van der Waals surface area contributed by atoms with Crippen LogP contribution in [-0.4, -0.2) is 47.3 Å². The largest absolute Gasteiger partial charge is 0.475 e. The Morgan fingerprint density at radius 2 is 1.37 bits per heavy atom. The van der Waals surface area contributed by atoms with Crippen LogP contribution >= 0.6 is 7.82 Å². The quantitative estimate of drug-likeness (QED) is 0.145. The van der Waals surface area contributed by atoms with Crippen molar-refractivity contribution in [2.24, 2.45) is 0 Å². The highest BCUT2D eigenvalue weighted by molar-refractivity contribution is 7.85. The predicted molar refractivity (Wildman–Crippen MR) is 154 cm³/mol. The van der Waals surface area contributed by atoms with E-state index in [0.29, 0.717) is 13.0 Å². The van der Waals surface area contributed by atoms with E-state index in [0.717, 1.165) is 23.1 Å². The molecular weight excluding hydrogens is 567 g/mol. The third-order valence-corrected chi connectivity index (χ3v) is 8.67. The van der Waals surface area contributed by atoms with Gasteiger partial charge in [-0.05, 0) is 23.1 Å². The monoisotopic (exact) mass is 602 g/mol. The topological polar surface area (TPSA) is 107 Å². The Balaban J connectivity index is 1.36. The summed E-state index contributed by atoms with van der Waals surface area (Å²) in [5.41, 5.74) is 2.42. The summed E-state index contributed by atoms with van der Waals surface area (Å²) in [6.45, 7) is 0.404. The lowest BCUT2D eigenvalue weighted by Gasteiger charge is -2.24. The highest BCUT2D eigenvalue weighted by Crippen LogP contribution is 2.51. The van der Waals surface area contributed by atoms with Crippen molar-refractivity contribution in [3.63, 3.8) is 0 Å². The molecule has 3 aromatic rings. The summed E-state index contributed by atoms with van der Waals surface area (Å²) in [4.78, 5) is 12.3. The zero-order valence-electron chi connectivity index (χ0n) is 22.7. The molecule has 2 unspecified atom stereocenters. The second-order valence-electron chi connectivity index (χ2n) is 9.36. The Bertz CT molecular complexity index is 1210. The first-order valence-electron chi connectivity index (χ1n) is 13.4. The smallest absolute Gasteiger partial charge is 0.460 e. The van der Waals surface area contributed by atoms with Crippen molar-refractivity contribution in [2.75, 3.05) is 24.7 Å². The van der Waals surface area contributed by atoms with Crippen LogP contribution in [0.15, 0.2) is 91.0 Å². The Labute approximate surface area is 243 Å². The molecule has 1 saturated heterocycles. The number of hydrogen-bond acceptors (Lipinski definition) is 9. The van der Waals surface area contributed by atoms with Gasteiger partial charge in [0.25, 0.3) is 0 Å². The molecule has 41 heavy (non-hydrogen) atoms. The predicted octanol–water partition coefficient (Wildman–Crippen LogP) is 5.56. The molecule has 3 aromatic carbocycles. The molecule has 9 nitrogen and oxygen atoms in total. The van der Waals surface area contributed by atoms with Crippen molar-refractivity contribution >= 4 is 24.6 Å². The summed E-state index contributed by atoms with van der Waals surface area (Å²) in [5, 5.41) is 0. The fourth-order valence-electron chi connectivity index (χ4n) is 3.92. The van der Waals surface area contributed by atoms with Crippen molar-refractivity contribution in [2.45, 2.75) is 45.1 Å². The average molecular weight is 603 g/mol. The Hall–Kier alpha value is -2.69. The van der Waals surface area contributed by atoms with E-state index in [2.05, 4.69) is 0 Å².